The number of amides is 1. The molecule has 37 heavy (non-hydrogen) atoms. The van der Waals surface area contributed by atoms with E-state index in [4.69, 9.17) is 4.74 Å². The lowest BCUT2D eigenvalue weighted by Crippen LogP contribution is -2.61. The fourth-order valence-electron chi connectivity index (χ4n) is 6.38. The molecule has 3 aromatic rings. The van der Waals surface area contributed by atoms with Crippen molar-refractivity contribution >= 4 is 22.6 Å². The van der Waals surface area contributed by atoms with Crippen LogP contribution in [0.15, 0.2) is 79.4 Å². The normalized spacial score (nSPS) is 25.7. The minimum absolute atomic E-state index is 0.0115. The maximum atomic E-state index is 13.3. The molecule has 1 amide bonds. The molecule has 5 rings (SSSR count). The Bertz CT molecular complexity index is 1320. The minimum atomic E-state index is -0.583. The summed E-state index contributed by atoms with van der Waals surface area (Å²) in [5, 5.41) is 16.8. The van der Waals surface area contributed by atoms with Crippen molar-refractivity contribution in [2.24, 2.45) is 5.92 Å². The first-order chi connectivity index (χ1) is 17.9. The van der Waals surface area contributed by atoms with Crippen LogP contribution in [0, 0.1) is 5.92 Å². The van der Waals surface area contributed by atoms with Crippen molar-refractivity contribution in [3.05, 3.63) is 90.5 Å². The lowest BCUT2D eigenvalue weighted by Gasteiger charge is -2.54. The molecule has 3 aromatic carbocycles. The van der Waals surface area contributed by atoms with Crippen LogP contribution in [-0.4, -0.2) is 53.7 Å². The number of aliphatic hydroxyl groups is 1. The molecule has 0 radical (unpaired) electrons. The summed E-state index contributed by atoms with van der Waals surface area (Å²) in [6.07, 6.45) is 3.35. The highest BCUT2D eigenvalue weighted by Crippen LogP contribution is 2.49. The number of piperidine rings is 1. The van der Waals surface area contributed by atoms with Crippen molar-refractivity contribution in [2.75, 3.05) is 19.6 Å². The summed E-state index contributed by atoms with van der Waals surface area (Å²) in [6, 6.07) is 21.2. The quantitative estimate of drug-likeness (QED) is 0.298. The number of hydrogen-bond donors (Lipinski definition) is 2. The standard InChI is InChI=1S/C31H34N2O4/c1-3-14-33-15-13-31(25-9-6-10-27(17-25)37-21(2)34)19-26(18-29(35)28(31)20-33)32-30(36)24-12-11-22-7-4-5-8-23(22)16-24/h3-12,16-17,26,28-29,35H,1,13-15,18-20H2,2H3,(H,32,36). The first-order valence-electron chi connectivity index (χ1n) is 13.0. The van der Waals surface area contributed by atoms with Crippen LogP contribution in [-0.2, 0) is 10.2 Å². The van der Waals surface area contributed by atoms with Gasteiger partial charge in [0, 0.05) is 43.0 Å². The number of nitrogens with zero attached hydrogens (tertiary/aromatic N) is 1. The van der Waals surface area contributed by atoms with E-state index in [-0.39, 0.29) is 29.3 Å². The lowest BCUT2D eigenvalue weighted by atomic mass is 9.57. The second kappa shape index (κ2) is 10.5. The number of hydrogen-bond acceptors (Lipinski definition) is 5. The number of carbonyl (C=O) groups excluding carboxylic acids is 2. The minimum Gasteiger partial charge on any atom is -0.427 e. The SMILES string of the molecule is C=CCN1CCC2(c3cccc(OC(C)=O)c3)CC(NC(=O)c3ccc4ccccc4c3)CC(O)C2C1. The summed E-state index contributed by atoms with van der Waals surface area (Å²) in [5.41, 5.74) is 1.30. The van der Waals surface area contributed by atoms with Gasteiger partial charge in [-0.1, -0.05) is 48.5 Å². The van der Waals surface area contributed by atoms with Crippen molar-refractivity contribution in [1.29, 1.82) is 0 Å². The summed E-state index contributed by atoms with van der Waals surface area (Å²) in [6.45, 7) is 7.66. The van der Waals surface area contributed by atoms with E-state index in [1.54, 1.807) is 6.07 Å². The van der Waals surface area contributed by atoms with E-state index in [2.05, 4.69) is 22.9 Å². The summed E-state index contributed by atoms with van der Waals surface area (Å²) < 4.78 is 5.40. The second-order valence-electron chi connectivity index (χ2n) is 10.4. The van der Waals surface area contributed by atoms with E-state index in [1.165, 1.54) is 6.92 Å². The van der Waals surface area contributed by atoms with Crippen LogP contribution >= 0.6 is 0 Å². The van der Waals surface area contributed by atoms with Gasteiger partial charge in [-0.05, 0) is 66.4 Å². The van der Waals surface area contributed by atoms with E-state index in [1.807, 2.05) is 60.7 Å². The molecule has 1 aliphatic heterocycles. The van der Waals surface area contributed by atoms with Gasteiger partial charge in [0.15, 0.2) is 0 Å². The summed E-state index contributed by atoms with van der Waals surface area (Å²) in [5.74, 6) is -0.00317. The van der Waals surface area contributed by atoms with Crippen molar-refractivity contribution < 1.29 is 19.4 Å². The molecule has 1 saturated heterocycles. The second-order valence-corrected chi connectivity index (χ2v) is 10.4. The summed E-state index contributed by atoms with van der Waals surface area (Å²) in [7, 11) is 0. The van der Waals surface area contributed by atoms with Gasteiger partial charge in [0.2, 0.25) is 0 Å². The highest BCUT2D eigenvalue weighted by molar-refractivity contribution is 5.98. The number of likely N-dealkylation sites (tertiary alicyclic amines) is 1. The molecule has 4 unspecified atom stereocenters. The number of carbonyl (C=O) groups is 2. The fourth-order valence-corrected chi connectivity index (χ4v) is 6.38. The van der Waals surface area contributed by atoms with Crippen molar-refractivity contribution in [3.63, 3.8) is 0 Å². The third-order valence-corrected chi connectivity index (χ3v) is 8.04. The average Bonchev–Trinajstić information content (AvgIpc) is 2.89. The maximum absolute atomic E-state index is 13.3. The molecule has 1 saturated carbocycles. The molecular weight excluding hydrogens is 464 g/mol. The molecule has 1 heterocycles. The molecular formula is C31H34N2O4. The van der Waals surface area contributed by atoms with Crippen LogP contribution in [0.1, 0.15) is 42.1 Å². The van der Waals surface area contributed by atoms with Crippen molar-refractivity contribution in [1.82, 2.24) is 10.2 Å². The van der Waals surface area contributed by atoms with Crippen LogP contribution in [0.4, 0.5) is 0 Å². The number of nitrogens with one attached hydrogen (secondary N) is 1. The van der Waals surface area contributed by atoms with Gasteiger partial charge in [0.1, 0.15) is 5.75 Å². The smallest absolute Gasteiger partial charge is 0.308 e. The fraction of sp³-hybridized carbons (Fsp3) is 0.355. The van der Waals surface area contributed by atoms with Gasteiger partial charge in [-0.15, -0.1) is 6.58 Å². The molecule has 6 heteroatoms. The Labute approximate surface area is 217 Å². The molecule has 0 aromatic heterocycles. The zero-order valence-electron chi connectivity index (χ0n) is 21.2. The molecule has 2 fully saturated rings. The molecule has 2 aliphatic rings. The molecule has 6 nitrogen and oxygen atoms in total. The largest absolute Gasteiger partial charge is 0.427 e. The van der Waals surface area contributed by atoms with E-state index in [0.717, 1.165) is 42.4 Å². The van der Waals surface area contributed by atoms with Crippen molar-refractivity contribution in [2.45, 2.75) is 43.7 Å². The molecule has 2 N–H and O–H groups in total. The van der Waals surface area contributed by atoms with Gasteiger partial charge in [-0.25, -0.2) is 0 Å². The van der Waals surface area contributed by atoms with Crippen LogP contribution in [0.5, 0.6) is 5.75 Å². The van der Waals surface area contributed by atoms with Gasteiger partial charge in [-0.2, -0.15) is 0 Å². The Kier molecular flexibility index (Phi) is 7.13. The number of aliphatic hydroxyl groups excluding tert-OH is 1. The predicted molar refractivity (Wildman–Crippen MR) is 145 cm³/mol. The van der Waals surface area contributed by atoms with Gasteiger partial charge in [0.25, 0.3) is 5.91 Å². The zero-order valence-corrected chi connectivity index (χ0v) is 21.2. The van der Waals surface area contributed by atoms with Gasteiger partial charge in [0.05, 0.1) is 6.10 Å². The Morgan fingerprint density at radius 2 is 1.95 bits per heavy atom. The summed E-state index contributed by atoms with van der Waals surface area (Å²) in [4.78, 5) is 27.2. The van der Waals surface area contributed by atoms with Gasteiger partial charge >= 0.3 is 5.97 Å². The topological polar surface area (TPSA) is 78.9 Å². The molecule has 0 bridgehead atoms. The first-order valence-corrected chi connectivity index (χ1v) is 13.0. The Hall–Kier alpha value is -3.48. The third-order valence-electron chi connectivity index (χ3n) is 8.04. The van der Waals surface area contributed by atoms with E-state index >= 15 is 0 Å². The van der Waals surface area contributed by atoms with E-state index < -0.39 is 6.10 Å². The lowest BCUT2D eigenvalue weighted by molar-refractivity contribution is -0.131. The monoisotopic (exact) mass is 498 g/mol. The maximum Gasteiger partial charge on any atom is 0.308 e. The first kappa shape index (κ1) is 25.2. The number of benzene rings is 3. The average molecular weight is 499 g/mol. The Morgan fingerprint density at radius 1 is 1.14 bits per heavy atom. The molecule has 4 atom stereocenters. The van der Waals surface area contributed by atoms with Gasteiger partial charge in [-0.3, -0.25) is 14.5 Å². The number of esters is 1. The highest BCUT2D eigenvalue weighted by Gasteiger charge is 2.52. The van der Waals surface area contributed by atoms with Crippen LogP contribution < -0.4 is 10.1 Å². The van der Waals surface area contributed by atoms with Crippen LogP contribution in [0.25, 0.3) is 10.8 Å². The van der Waals surface area contributed by atoms with E-state index in [9.17, 15) is 14.7 Å². The summed E-state index contributed by atoms with van der Waals surface area (Å²) >= 11 is 0. The molecule has 192 valence electrons. The third kappa shape index (κ3) is 5.17. The van der Waals surface area contributed by atoms with Crippen LogP contribution in [0.2, 0.25) is 0 Å². The number of fused-ring (bicyclic) bond motifs is 2. The molecule has 0 spiro atoms. The number of ether oxygens (including phenoxy) is 1. The number of rotatable bonds is 6. The highest BCUT2D eigenvalue weighted by atomic mass is 16.5. The Balaban J connectivity index is 1.44. The van der Waals surface area contributed by atoms with Crippen LogP contribution in [0.3, 0.4) is 0 Å². The molecule has 1 aliphatic carbocycles. The zero-order chi connectivity index (χ0) is 26.0. The van der Waals surface area contributed by atoms with E-state index in [0.29, 0.717) is 24.2 Å². The van der Waals surface area contributed by atoms with Gasteiger partial charge < -0.3 is 15.2 Å². The van der Waals surface area contributed by atoms with Crippen molar-refractivity contribution in [3.8, 4) is 5.75 Å². The Morgan fingerprint density at radius 3 is 2.73 bits per heavy atom. The predicted octanol–water partition coefficient (Wildman–Crippen LogP) is 4.46.